The van der Waals surface area contributed by atoms with Crippen molar-refractivity contribution in [2.45, 2.75) is 0 Å². The predicted molar refractivity (Wildman–Crippen MR) is 210 cm³/mol. The third kappa shape index (κ3) is 4.47. The molecular weight excluding hydrogens is 615 g/mol. The summed E-state index contributed by atoms with van der Waals surface area (Å²) >= 11 is 1.87. The van der Waals surface area contributed by atoms with Gasteiger partial charge in [-0.1, -0.05) is 140 Å². The van der Waals surface area contributed by atoms with Crippen molar-refractivity contribution in [2.24, 2.45) is 0 Å². The van der Waals surface area contributed by atoms with Gasteiger partial charge in [-0.25, -0.2) is 0 Å². The largest absolute Gasteiger partial charge is 0.455 e. The van der Waals surface area contributed by atoms with E-state index in [1.54, 1.807) is 0 Å². The zero-order valence-electron chi connectivity index (χ0n) is 26.5. The molecule has 0 unspecified atom stereocenters. The Balaban J connectivity index is 1.18. The van der Waals surface area contributed by atoms with Crippen LogP contribution in [0.25, 0.3) is 75.1 Å². The molecule has 0 bridgehead atoms. The molecule has 0 fully saturated rings. The molecule has 0 aliphatic rings. The van der Waals surface area contributed by atoms with Gasteiger partial charge in [0.25, 0.3) is 0 Å². The SMILES string of the molecule is c1ccc(N(c2ccc(-c3cccc4c3oc3ccccc34)cc2)c2cccc3ccccc23)c(-c2cccc3c2sc2ccccc23)c1. The first-order valence-corrected chi connectivity index (χ1v) is 17.4. The number of benzene rings is 8. The summed E-state index contributed by atoms with van der Waals surface area (Å²) in [4.78, 5) is 2.43. The topological polar surface area (TPSA) is 16.4 Å². The highest BCUT2D eigenvalue weighted by atomic mass is 32.1. The Morgan fingerprint density at radius 1 is 0.408 bits per heavy atom. The Kier molecular flexibility index (Phi) is 6.39. The standard InChI is InChI=1S/C46H29NOS/c1-2-14-33-30(12-1)13-9-23-41(33)47(32-28-26-31(27-29-32)34-18-10-19-38-36-16-4-7-24-43(36)48-45(34)38)42-22-6-3-15-35(42)39-20-11-21-40-37-17-5-8-25-44(37)49-46(39)40/h1-29H. The highest BCUT2D eigenvalue weighted by Crippen LogP contribution is 2.47. The van der Waals surface area contributed by atoms with Gasteiger partial charge in [0.2, 0.25) is 0 Å². The van der Waals surface area contributed by atoms with Crippen LogP contribution in [0, 0.1) is 0 Å². The number of nitrogens with zero attached hydrogens (tertiary/aromatic N) is 1. The Bertz CT molecular complexity index is 2840. The smallest absolute Gasteiger partial charge is 0.143 e. The number of hydrogen-bond acceptors (Lipinski definition) is 3. The summed E-state index contributed by atoms with van der Waals surface area (Å²) in [6, 6.07) is 63.2. The number of thiophene rings is 1. The molecule has 8 aromatic carbocycles. The third-order valence-corrected chi connectivity index (χ3v) is 10.9. The number of furan rings is 1. The molecule has 0 saturated heterocycles. The van der Waals surface area contributed by atoms with Crippen molar-refractivity contribution in [1.29, 1.82) is 0 Å². The van der Waals surface area contributed by atoms with E-state index >= 15 is 0 Å². The lowest BCUT2D eigenvalue weighted by Crippen LogP contribution is -2.11. The number of hydrogen-bond donors (Lipinski definition) is 0. The van der Waals surface area contributed by atoms with E-state index in [9.17, 15) is 0 Å². The van der Waals surface area contributed by atoms with Crippen molar-refractivity contribution < 1.29 is 4.42 Å². The molecule has 230 valence electrons. The van der Waals surface area contributed by atoms with Crippen LogP contribution in [0.15, 0.2) is 180 Å². The average molecular weight is 644 g/mol. The summed E-state index contributed by atoms with van der Waals surface area (Å²) < 4.78 is 9.03. The molecule has 2 heterocycles. The van der Waals surface area contributed by atoms with Crippen molar-refractivity contribution in [3.8, 4) is 22.3 Å². The van der Waals surface area contributed by atoms with Crippen LogP contribution in [0.2, 0.25) is 0 Å². The molecule has 0 saturated carbocycles. The lowest BCUT2D eigenvalue weighted by Gasteiger charge is -2.29. The van der Waals surface area contributed by atoms with Gasteiger partial charge < -0.3 is 9.32 Å². The fourth-order valence-electron chi connectivity index (χ4n) is 7.43. The second-order valence-electron chi connectivity index (χ2n) is 12.5. The molecule has 0 amide bonds. The van der Waals surface area contributed by atoms with Crippen molar-refractivity contribution in [3.63, 3.8) is 0 Å². The van der Waals surface area contributed by atoms with E-state index in [1.165, 1.54) is 42.1 Å². The van der Waals surface area contributed by atoms with E-state index in [-0.39, 0.29) is 0 Å². The number of para-hydroxylation sites is 3. The lowest BCUT2D eigenvalue weighted by molar-refractivity contribution is 0.670. The van der Waals surface area contributed by atoms with Crippen LogP contribution in [0.3, 0.4) is 0 Å². The summed E-state index contributed by atoms with van der Waals surface area (Å²) in [5.41, 5.74) is 9.85. The second kappa shape index (κ2) is 11.2. The molecular formula is C46H29NOS. The van der Waals surface area contributed by atoms with Crippen LogP contribution in [0.1, 0.15) is 0 Å². The first-order valence-electron chi connectivity index (χ1n) is 16.6. The van der Waals surface area contributed by atoms with Gasteiger partial charge in [0.05, 0.1) is 11.4 Å². The van der Waals surface area contributed by atoms with Crippen LogP contribution in [-0.2, 0) is 0 Å². The van der Waals surface area contributed by atoms with Crippen LogP contribution >= 0.6 is 11.3 Å². The molecule has 10 aromatic rings. The molecule has 49 heavy (non-hydrogen) atoms. The quantitative estimate of drug-likeness (QED) is 0.186. The average Bonchev–Trinajstić information content (AvgIpc) is 3.74. The summed E-state index contributed by atoms with van der Waals surface area (Å²) in [5, 5.41) is 7.30. The summed E-state index contributed by atoms with van der Waals surface area (Å²) in [6.07, 6.45) is 0. The first-order chi connectivity index (χ1) is 24.3. The second-order valence-corrected chi connectivity index (χ2v) is 13.5. The minimum absolute atomic E-state index is 0.911. The fraction of sp³-hybridized carbons (Fsp3) is 0. The maximum atomic E-state index is 6.41. The van der Waals surface area contributed by atoms with Gasteiger partial charge in [-0.15, -0.1) is 11.3 Å². The first kappa shape index (κ1) is 27.9. The van der Waals surface area contributed by atoms with E-state index < -0.39 is 0 Å². The maximum Gasteiger partial charge on any atom is 0.143 e. The molecule has 2 nitrogen and oxygen atoms in total. The minimum atomic E-state index is 0.911. The number of rotatable bonds is 5. The monoisotopic (exact) mass is 643 g/mol. The van der Waals surface area contributed by atoms with Crippen molar-refractivity contribution in [1.82, 2.24) is 0 Å². The highest BCUT2D eigenvalue weighted by Gasteiger charge is 2.21. The van der Waals surface area contributed by atoms with E-state index in [0.29, 0.717) is 0 Å². The Labute approximate surface area is 287 Å². The predicted octanol–water partition coefficient (Wildman–Crippen LogP) is 13.9. The van der Waals surface area contributed by atoms with E-state index in [4.69, 9.17) is 4.42 Å². The fourth-order valence-corrected chi connectivity index (χ4v) is 8.66. The van der Waals surface area contributed by atoms with Gasteiger partial charge in [0, 0.05) is 58.7 Å². The molecule has 0 radical (unpaired) electrons. The van der Waals surface area contributed by atoms with Gasteiger partial charge in [-0.05, 0) is 47.3 Å². The van der Waals surface area contributed by atoms with Gasteiger partial charge in [0.1, 0.15) is 11.2 Å². The number of anilines is 3. The summed E-state index contributed by atoms with van der Waals surface area (Å²) in [5.74, 6) is 0. The van der Waals surface area contributed by atoms with Crippen LogP contribution in [0.4, 0.5) is 17.1 Å². The zero-order chi connectivity index (χ0) is 32.3. The minimum Gasteiger partial charge on any atom is -0.455 e. The maximum absolute atomic E-state index is 6.41. The molecule has 0 aliphatic heterocycles. The zero-order valence-corrected chi connectivity index (χ0v) is 27.3. The van der Waals surface area contributed by atoms with Crippen LogP contribution < -0.4 is 4.90 Å². The van der Waals surface area contributed by atoms with E-state index in [0.717, 1.165) is 50.1 Å². The van der Waals surface area contributed by atoms with E-state index in [2.05, 4.69) is 169 Å². The van der Waals surface area contributed by atoms with Gasteiger partial charge in [-0.2, -0.15) is 0 Å². The normalized spacial score (nSPS) is 11.7. The number of fused-ring (bicyclic) bond motifs is 7. The Morgan fingerprint density at radius 2 is 1.02 bits per heavy atom. The Hall–Kier alpha value is -6.16. The highest BCUT2D eigenvalue weighted by molar-refractivity contribution is 7.26. The summed E-state index contributed by atoms with van der Waals surface area (Å²) in [6.45, 7) is 0. The van der Waals surface area contributed by atoms with Crippen molar-refractivity contribution >= 4 is 81.3 Å². The molecule has 10 rings (SSSR count). The molecule has 0 aliphatic carbocycles. The van der Waals surface area contributed by atoms with Gasteiger partial charge in [0.15, 0.2) is 0 Å². The van der Waals surface area contributed by atoms with Crippen molar-refractivity contribution in [3.05, 3.63) is 176 Å². The van der Waals surface area contributed by atoms with Crippen molar-refractivity contribution in [2.75, 3.05) is 4.90 Å². The van der Waals surface area contributed by atoms with Crippen LogP contribution in [-0.4, -0.2) is 0 Å². The molecule has 0 atom stereocenters. The van der Waals surface area contributed by atoms with Gasteiger partial charge in [-0.3, -0.25) is 0 Å². The molecule has 0 N–H and O–H groups in total. The summed E-state index contributed by atoms with van der Waals surface area (Å²) in [7, 11) is 0. The molecule has 3 heteroatoms. The molecule has 2 aromatic heterocycles. The van der Waals surface area contributed by atoms with E-state index in [1.807, 2.05) is 23.5 Å². The van der Waals surface area contributed by atoms with Gasteiger partial charge >= 0.3 is 0 Å². The Morgan fingerprint density at radius 3 is 1.92 bits per heavy atom. The van der Waals surface area contributed by atoms with Crippen LogP contribution in [0.5, 0.6) is 0 Å². The molecule has 0 spiro atoms. The lowest BCUT2D eigenvalue weighted by atomic mass is 9.98. The third-order valence-electron chi connectivity index (χ3n) is 9.69.